The zero-order valence-electron chi connectivity index (χ0n) is 10.9. The van der Waals surface area contributed by atoms with Crippen molar-refractivity contribution in [3.8, 4) is 0 Å². The molecule has 2 aliphatic rings. The van der Waals surface area contributed by atoms with Crippen molar-refractivity contribution in [1.29, 1.82) is 0 Å². The topological polar surface area (TPSA) is 12.0 Å². The van der Waals surface area contributed by atoms with Gasteiger partial charge in [-0.1, -0.05) is 26.7 Å². The molecule has 0 aromatic heterocycles. The molecule has 1 N–H and O–H groups in total. The second kappa shape index (κ2) is 6.30. The molecular weight excluding hydrogens is 214 g/mol. The van der Waals surface area contributed by atoms with E-state index >= 15 is 0 Å². The van der Waals surface area contributed by atoms with Crippen LogP contribution in [0.5, 0.6) is 0 Å². The van der Waals surface area contributed by atoms with E-state index < -0.39 is 0 Å². The summed E-state index contributed by atoms with van der Waals surface area (Å²) in [5.74, 6) is 3.34. The lowest BCUT2D eigenvalue weighted by Gasteiger charge is -2.36. The Morgan fingerprint density at radius 1 is 1.19 bits per heavy atom. The molecule has 2 heteroatoms. The van der Waals surface area contributed by atoms with Crippen LogP contribution in [0.15, 0.2) is 0 Å². The predicted octanol–water partition coefficient (Wildman–Crippen LogP) is 3.69. The zero-order chi connectivity index (χ0) is 11.4. The first-order chi connectivity index (χ1) is 7.81. The fourth-order valence-corrected chi connectivity index (χ4v) is 4.86. The maximum absolute atomic E-state index is 3.79. The highest BCUT2D eigenvalue weighted by Gasteiger charge is 2.33. The van der Waals surface area contributed by atoms with Crippen molar-refractivity contribution in [3.63, 3.8) is 0 Å². The molecule has 1 aliphatic carbocycles. The van der Waals surface area contributed by atoms with E-state index in [1.165, 1.54) is 44.3 Å². The summed E-state index contributed by atoms with van der Waals surface area (Å²) in [7, 11) is 0. The second-order valence-electron chi connectivity index (χ2n) is 5.65. The van der Waals surface area contributed by atoms with Crippen LogP contribution in [0.25, 0.3) is 0 Å². The van der Waals surface area contributed by atoms with Gasteiger partial charge in [0.05, 0.1) is 0 Å². The fourth-order valence-electron chi connectivity index (χ4n) is 3.37. The lowest BCUT2D eigenvalue weighted by atomic mass is 9.78. The number of hydrogen-bond donors (Lipinski definition) is 1. The monoisotopic (exact) mass is 241 g/mol. The first-order valence-electron chi connectivity index (χ1n) is 7.16. The van der Waals surface area contributed by atoms with Crippen LogP contribution in [0.1, 0.15) is 52.4 Å². The summed E-state index contributed by atoms with van der Waals surface area (Å²) in [5, 5.41) is 4.70. The van der Waals surface area contributed by atoms with Gasteiger partial charge >= 0.3 is 0 Å². The standard InChI is InChI=1S/C14H27NS/c1-3-15-14(13-5-4-10-16-13)12-8-6-11(2)7-9-12/h11-15H,3-10H2,1-2H3. The average molecular weight is 241 g/mol. The van der Waals surface area contributed by atoms with Gasteiger partial charge in [0.1, 0.15) is 0 Å². The molecule has 0 aromatic carbocycles. The SMILES string of the molecule is CCNC(C1CCC(C)CC1)C1CCCS1. The quantitative estimate of drug-likeness (QED) is 0.805. The highest BCUT2D eigenvalue weighted by atomic mass is 32.2. The normalized spacial score (nSPS) is 37.5. The minimum Gasteiger partial charge on any atom is -0.313 e. The Morgan fingerprint density at radius 3 is 2.50 bits per heavy atom. The number of hydrogen-bond acceptors (Lipinski definition) is 2. The van der Waals surface area contributed by atoms with Crippen LogP contribution >= 0.6 is 11.8 Å². The van der Waals surface area contributed by atoms with Gasteiger partial charge in [-0.15, -0.1) is 0 Å². The van der Waals surface area contributed by atoms with E-state index in [9.17, 15) is 0 Å². The van der Waals surface area contributed by atoms with Crippen molar-refractivity contribution in [2.75, 3.05) is 12.3 Å². The molecule has 1 heterocycles. The Morgan fingerprint density at radius 2 is 1.94 bits per heavy atom. The molecule has 0 bridgehead atoms. The van der Waals surface area contributed by atoms with Crippen molar-refractivity contribution in [3.05, 3.63) is 0 Å². The first-order valence-corrected chi connectivity index (χ1v) is 8.21. The minimum absolute atomic E-state index is 0.810. The Hall–Kier alpha value is 0.310. The van der Waals surface area contributed by atoms with Crippen molar-refractivity contribution >= 4 is 11.8 Å². The molecule has 16 heavy (non-hydrogen) atoms. The van der Waals surface area contributed by atoms with Crippen LogP contribution in [0.2, 0.25) is 0 Å². The third-order valence-corrected chi connectivity index (χ3v) is 5.86. The summed E-state index contributed by atoms with van der Waals surface area (Å²) in [4.78, 5) is 0. The summed E-state index contributed by atoms with van der Waals surface area (Å²) >= 11 is 2.22. The first kappa shape index (κ1) is 12.8. The molecule has 2 fully saturated rings. The lowest BCUT2D eigenvalue weighted by Crippen LogP contribution is -2.44. The molecule has 1 aliphatic heterocycles. The molecule has 1 saturated carbocycles. The van der Waals surface area contributed by atoms with Crippen molar-refractivity contribution in [2.45, 2.75) is 63.7 Å². The number of rotatable bonds is 4. The predicted molar refractivity (Wildman–Crippen MR) is 74.1 cm³/mol. The lowest BCUT2D eigenvalue weighted by molar-refractivity contribution is 0.227. The van der Waals surface area contributed by atoms with E-state index in [0.29, 0.717) is 0 Å². The maximum Gasteiger partial charge on any atom is 0.0214 e. The Labute approximate surface area is 105 Å². The van der Waals surface area contributed by atoms with Gasteiger partial charge in [-0.2, -0.15) is 11.8 Å². The summed E-state index contributed by atoms with van der Waals surface area (Å²) in [6, 6.07) is 0.810. The maximum atomic E-state index is 3.79. The highest BCUT2D eigenvalue weighted by Crippen LogP contribution is 2.37. The average Bonchev–Trinajstić information content (AvgIpc) is 2.81. The van der Waals surface area contributed by atoms with E-state index in [1.54, 1.807) is 0 Å². The minimum atomic E-state index is 0.810. The summed E-state index contributed by atoms with van der Waals surface area (Å²) in [5.41, 5.74) is 0. The van der Waals surface area contributed by atoms with Gasteiger partial charge in [-0.3, -0.25) is 0 Å². The molecule has 2 unspecified atom stereocenters. The summed E-state index contributed by atoms with van der Waals surface area (Å²) in [6.07, 6.45) is 8.76. The molecule has 0 amide bonds. The number of nitrogens with one attached hydrogen (secondary N) is 1. The van der Waals surface area contributed by atoms with Gasteiger partial charge in [0.25, 0.3) is 0 Å². The molecule has 0 radical (unpaired) electrons. The van der Waals surface area contributed by atoms with Crippen LogP contribution in [0.3, 0.4) is 0 Å². The summed E-state index contributed by atoms with van der Waals surface area (Å²) < 4.78 is 0. The second-order valence-corrected chi connectivity index (χ2v) is 7.00. The van der Waals surface area contributed by atoms with Crippen molar-refractivity contribution in [1.82, 2.24) is 5.32 Å². The van der Waals surface area contributed by atoms with Crippen LogP contribution in [-0.2, 0) is 0 Å². The van der Waals surface area contributed by atoms with Crippen molar-refractivity contribution < 1.29 is 0 Å². The smallest absolute Gasteiger partial charge is 0.0214 e. The Kier molecular flexibility index (Phi) is 5.02. The van der Waals surface area contributed by atoms with E-state index in [4.69, 9.17) is 0 Å². The molecule has 2 rings (SSSR count). The van der Waals surface area contributed by atoms with Gasteiger partial charge < -0.3 is 5.32 Å². The number of thioether (sulfide) groups is 1. The van der Waals surface area contributed by atoms with Gasteiger partial charge in [0, 0.05) is 11.3 Å². The van der Waals surface area contributed by atoms with E-state index in [-0.39, 0.29) is 0 Å². The molecule has 2 atom stereocenters. The van der Waals surface area contributed by atoms with Crippen LogP contribution < -0.4 is 5.32 Å². The van der Waals surface area contributed by atoms with Gasteiger partial charge in [0.15, 0.2) is 0 Å². The molecule has 1 saturated heterocycles. The van der Waals surface area contributed by atoms with Crippen molar-refractivity contribution in [2.24, 2.45) is 11.8 Å². The van der Waals surface area contributed by atoms with Crippen LogP contribution in [0.4, 0.5) is 0 Å². The zero-order valence-corrected chi connectivity index (χ0v) is 11.7. The summed E-state index contributed by atoms with van der Waals surface area (Å²) in [6.45, 7) is 5.83. The third-order valence-electron chi connectivity index (χ3n) is 4.37. The fraction of sp³-hybridized carbons (Fsp3) is 1.00. The Bertz CT molecular complexity index is 193. The molecular formula is C14H27NS. The largest absolute Gasteiger partial charge is 0.313 e. The highest BCUT2D eigenvalue weighted by molar-refractivity contribution is 8.00. The molecule has 0 spiro atoms. The van der Waals surface area contributed by atoms with E-state index in [1.807, 2.05) is 0 Å². The van der Waals surface area contributed by atoms with E-state index in [2.05, 4.69) is 30.9 Å². The van der Waals surface area contributed by atoms with Gasteiger partial charge in [0.2, 0.25) is 0 Å². The van der Waals surface area contributed by atoms with Gasteiger partial charge in [-0.25, -0.2) is 0 Å². The van der Waals surface area contributed by atoms with Crippen LogP contribution in [-0.4, -0.2) is 23.6 Å². The van der Waals surface area contributed by atoms with E-state index in [0.717, 1.165) is 29.7 Å². The van der Waals surface area contributed by atoms with Crippen LogP contribution in [0, 0.1) is 11.8 Å². The molecule has 0 aromatic rings. The third kappa shape index (κ3) is 3.16. The molecule has 94 valence electrons. The Balaban J connectivity index is 1.90. The van der Waals surface area contributed by atoms with Gasteiger partial charge in [-0.05, 0) is 49.8 Å². The molecule has 1 nitrogen and oxygen atoms in total.